The Balaban J connectivity index is 1.36. The number of aromatic nitrogens is 3. The van der Waals surface area contributed by atoms with Crippen LogP contribution in [0.3, 0.4) is 0 Å². The van der Waals surface area contributed by atoms with Gasteiger partial charge in [-0.3, -0.25) is 9.69 Å². The van der Waals surface area contributed by atoms with Gasteiger partial charge in [-0.2, -0.15) is 0 Å². The van der Waals surface area contributed by atoms with E-state index < -0.39 is 0 Å². The highest BCUT2D eigenvalue weighted by atomic mass is 32.2. The van der Waals surface area contributed by atoms with Gasteiger partial charge < -0.3 is 9.88 Å². The van der Waals surface area contributed by atoms with E-state index in [0.29, 0.717) is 12.5 Å². The van der Waals surface area contributed by atoms with E-state index in [1.165, 1.54) is 24.0 Å². The fraction of sp³-hybridized carbons (Fsp3) is 0.550. The van der Waals surface area contributed by atoms with Crippen molar-refractivity contribution in [2.45, 2.75) is 43.2 Å². The molecule has 27 heavy (non-hydrogen) atoms. The summed E-state index contributed by atoms with van der Waals surface area (Å²) >= 11 is 1.61. The van der Waals surface area contributed by atoms with Crippen molar-refractivity contribution in [2.24, 2.45) is 7.05 Å². The third-order valence-electron chi connectivity index (χ3n) is 5.67. The van der Waals surface area contributed by atoms with Gasteiger partial charge in [0.1, 0.15) is 5.82 Å². The predicted molar refractivity (Wildman–Crippen MR) is 108 cm³/mol. The number of aryl methyl sites for hydroxylation is 2. The van der Waals surface area contributed by atoms with Gasteiger partial charge in [-0.15, -0.1) is 10.2 Å². The first kappa shape index (κ1) is 18.5. The molecule has 0 radical (unpaired) electrons. The van der Waals surface area contributed by atoms with Gasteiger partial charge in [0.25, 0.3) is 0 Å². The minimum Gasteiger partial charge on any atom is -0.325 e. The lowest BCUT2D eigenvalue weighted by atomic mass is 9.97. The van der Waals surface area contributed by atoms with Crippen LogP contribution >= 0.6 is 11.8 Å². The fourth-order valence-corrected chi connectivity index (χ4v) is 4.81. The number of fused-ring (bicyclic) bond motifs is 1. The Labute approximate surface area is 164 Å². The largest absolute Gasteiger partial charge is 0.325 e. The maximum atomic E-state index is 12.6. The average molecular weight is 386 g/mol. The monoisotopic (exact) mass is 385 g/mol. The number of carbonyl (C=O) groups excluding carboxylic acids is 1. The number of rotatable bonds is 5. The average Bonchev–Trinajstić information content (AvgIpc) is 3.27. The molecule has 0 saturated carbocycles. The van der Waals surface area contributed by atoms with E-state index in [-0.39, 0.29) is 5.91 Å². The zero-order valence-corrected chi connectivity index (χ0v) is 16.9. The van der Waals surface area contributed by atoms with Crippen LogP contribution in [0.2, 0.25) is 0 Å². The summed E-state index contributed by atoms with van der Waals surface area (Å²) in [5.74, 6) is 1.43. The Kier molecular flexibility index (Phi) is 5.50. The molecule has 1 amide bonds. The Hall–Kier alpha value is -1.86. The number of carbonyl (C=O) groups is 1. The van der Waals surface area contributed by atoms with Crippen LogP contribution in [0.15, 0.2) is 23.4 Å². The summed E-state index contributed by atoms with van der Waals surface area (Å²) in [6.45, 7) is 2.25. The van der Waals surface area contributed by atoms with Gasteiger partial charge in [0.05, 0.1) is 6.54 Å². The van der Waals surface area contributed by atoms with Crippen LogP contribution in [0.5, 0.6) is 0 Å². The molecule has 2 aromatic rings. The van der Waals surface area contributed by atoms with Gasteiger partial charge in [0, 0.05) is 25.2 Å². The number of nitrogens with zero attached hydrogens (tertiary/aromatic N) is 4. The fourth-order valence-electron chi connectivity index (χ4n) is 4.32. The van der Waals surface area contributed by atoms with Crippen molar-refractivity contribution in [1.82, 2.24) is 19.7 Å². The first-order chi connectivity index (χ1) is 13.1. The number of thioether (sulfide) groups is 1. The minimum absolute atomic E-state index is 0.0661. The van der Waals surface area contributed by atoms with Crippen LogP contribution < -0.4 is 5.32 Å². The smallest absolute Gasteiger partial charge is 0.238 e. The third-order valence-corrected chi connectivity index (χ3v) is 6.39. The van der Waals surface area contributed by atoms with Crippen LogP contribution in [-0.2, 0) is 24.7 Å². The number of likely N-dealkylation sites (tertiary alicyclic amines) is 1. The number of hydrogen-bond donors (Lipinski definition) is 1. The molecule has 2 heterocycles. The molecule has 2 aliphatic rings. The van der Waals surface area contributed by atoms with E-state index >= 15 is 0 Å². The maximum absolute atomic E-state index is 12.6. The number of nitrogens with one attached hydrogen (secondary N) is 1. The van der Waals surface area contributed by atoms with Crippen LogP contribution in [0.1, 0.15) is 42.1 Å². The zero-order chi connectivity index (χ0) is 18.8. The number of benzene rings is 1. The van der Waals surface area contributed by atoms with Gasteiger partial charge in [0.2, 0.25) is 5.91 Å². The normalized spacial score (nSPS) is 19.9. The molecule has 1 aliphatic heterocycles. The summed E-state index contributed by atoms with van der Waals surface area (Å²) in [6, 6.07) is 6.33. The first-order valence-corrected chi connectivity index (χ1v) is 10.9. The van der Waals surface area contributed by atoms with Crippen LogP contribution in [0.4, 0.5) is 5.69 Å². The van der Waals surface area contributed by atoms with Crippen molar-refractivity contribution in [3.05, 3.63) is 35.2 Å². The van der Waals surface area contributed by atoms with Gasteiger partial charge in [-0.1, -0.05) is 17.8 Å². The number of hydrogen-bond acceptors (Lipinski definition) is 5. The number of anilines is 1. The lowest BCUT2D eigenvalue weighted by Crippen LogP contribution is -2.40. The van der Waals surface area contributed by atoms with E-state index in [2.05, 4.69) is 37.1 Å². The van der Waals surface area contributed by atoms with Crippen molar-refractivity contribution in [3.8, 4) is 0 Å². The molecule has 144 valence electrons. The summed E-state index contributed by atoms with van der Waals surface area (Å²) in [5, 5.41) is 12.7. The maximum Gasteiger partial charge on any atom is 0.238 e. The summed E-state index contributed by atoms with van der Waals surface area (Å²) in [7, 11) is 2.03. The van der Waals surface area contributed by atoms with Crippen LogP contribution in [-0.4, -0.2) is 51.5 Å². The second-order valence-electron chi connectivity index (χ2n) is 7.56. The van der Waals surface area contributed by atoms with E-state index in [0.717, 1.165) is 49.0 Å². The van der Waals surface area contributed by atoms with Crippen LogP contribution in [0.25, 0.3) is 0 Å². The second kappa shape index (κ2) is 8.02. The highest BCUT2D eigenvalue weighted by molar-refractivity contribution is 7.98. The summed E-state index contributed by atoms with van der Waals surface area (Å²) < 4.78 is 2.09. The molecule has 0 spiro atoms. The first-order valence-electron chi connectivity index (χ1n) is 9.71. The van der Waals surface area contributed by atoms with E-state index in [9.17, 15) is 4.79 Å². The molecule has 1 N–H and O–H groups in total. The molecular formula is C20H27N5OS. The molecule has 7 heteroatoms. The molecular weight excluding hydrogens is 358 g/mol. The molecule has 4 rings (SSSR count). The SMILES string of the molecule is CSc1nnc([C@@H]2CCCN(CC(=O)Nc3ccc4c(c3)CCC4)C2)n1C. The Morgan fingerprint density at radius 1 is 1.26 bits per heavy atom. The van der Waals surface area contributed by atoms with Gasteiger partial charge in [-0.05, 0) is 68.2 Å². The molecule has 1 fully saturated rings. The van der Waals surface area contributed by atoms with Crippen molar-refractivity contribution in [1.29, 1.82) is 0 Å². The standard InChI is InChI=1S/C20H27N5OS/c1-24-19(22-23-20(24)27-2)16-7-4-10-25(12-16)13-18(26)21-17-9-8-14-5-3-6-15(14)11-17/h8-9,11,16H,3-7,10,12-13H2,1-2H3,(H,21,26)/t16-/m1/s1. The summed E-state index contributed by atoms with van der Waals surface area (Å²) in [5.41, 5.74) is 3.74. The molecule has 0 bridgehead atoms. The van der Waals surface area contributed by atoms with Crippen molar-refractivity contribution in [2.75, 3.05) is 31.2 Å². The molecule has 0 unspecified atom stereocenters. The highest BCUT2D eigenvalue weighted by Crippen LogP contribution is 2.28. The quantitative estimate of drug-likeness (QED) is 0.802. The summed E-state index contributed by atoms with van der Waals surface area (Å²) in [4.78, 5) is 14.8. The number of piperidine rings is 1. The second-order valence-corrected chi connectivity index (χ2v) is 8.34. The van der Waals surface area contributed by atoms with Crippen molar-refractivity contribution in [3.63, 3.8) is 0 Å². The topological polar surface area (TPSA) is 63.1 Å². The van der Waals surface area contributed by atoms with E-state index in [1.54, 1.807) is 11.8 Å². The zero-order valence-electron chi connectivity index (χ0n) is 16.1. The molecule has 1 saturated heterocycles. The molecule has 1 aromatic heterocycles. The molecule has 6 nitrogen and oxygen atoms in total. The molecule has 1 atom stereocenters. The van der Waals surface area contributed by atoms with Gasteiger partial charge in [-0.25, -0.2) is 0 Å². The summed E-state index contributed by atoms with van der Waals surface area (Å²) in [6.07, 6.45) is 7.72. The minimum atomic E-state index is 0.0661. The van der Waals surface area contributed by atoms with Crippen LogP contribution in [0, 0.1) is 0 Å². The van der Waals surface area contributed by atoms with Gasteiger partial charge >= 0.3 is 0 Å². The molecule has 1 aromatic carbocycles. The lowest BCUT2D eigenvalue weighted by molar-refractivity contribution is -0.117. The van der Waals surface area contributed by atoms with E-state index in [1.807, 2.05) is 19.4 Å². The third kappa shape index (κ3) is 4.04. The molecule has 1 aliphatic carbocycles. The Bertz CT molecular complexity index is 834. The van der Waals surface area contributed by atoms with E-state index in [4.69, 9.17) is 0 Å². The van der Waals surface area contributed by atoms with Gasteiger partial charge in [0.15, 0.2) is 5.16 Å². The van der Waals surface area contributed by atoms with Crippen molar-refractivity contribution >= 4 is 23.4 Å². The Morgan fingerprint density at radius 3 is 2.93 bits per heavy atom. The Morgan fingerprint density at radius 2 is 2.11 bits per heavy atom. The van der Waals surface area contributed by atoms with Crippen molar-refractivity contribution < 1.29 is 4.79 Å². The highest BCUT2D eigenvalue weighted by Gasteiger charge is 2.27. The predicted octanol–water partition coefficient (Wildman–Crippen LogP) is 2.84. The number of amides is 1. The lowest BCUT2D eigenvalue weighted by Gasteiger charge is -2.31.